The third kappa shape index (κ3) is 3.11. The van der Waals surface area contributed by atoms with Gasteiger partial charge in [0.1, 0.15) is 11.8 Å². The van der Waals surface area contributed by atoms with Gasteiger partial charge in [0.2, 0.25) is 0 Å². The van der Waals surface area contributed by atoms with E-state index >= 15 is 0 Å². The zero-order valence-corrected chi connectivity index (χ0v) is 12.9. The highest BCUT2D eigenvalue weighted by Gasteiger charge is 2.35. The molecule has 0 aliphatic heterocycles. The smallest absolute Gasteiger partial charge is 0.261 e. The molecule has 1 radical (unpaired) electrons. The van der Waals surface area contributed by atoms with E-state index in [9.17, 15) is 8.78 Å². The Morgan fingerprint density at radius 2 is 0.958 bits per heavy atom. The predicted molar refractivity (Wildman–Crippen MR) is 92.6 cm³/mol. The van der Waals surface area contributed by atoms with E-state index < -0.39 is 12.0 Å². The second-order valence-corrected chi connectivity index (χ2v) is 5.35. The average molecular weight is 320 g/mol. The van der Waals surface area contributed by atoms with E-state index in [2.05, 4.69) is 4.99 Å². The molecule has 1 nitrogen and oxygen atoms in total. The lowest BCUT2D eigenvalue weighted by Gasteiger charge is -2.31. The van der Waals surface area contributed by atoms with Crippen LogP contribution in [0.25, 0.3) is 0 Å². The summed E-state index contributed by atoms with van der Waals surface area (Å²) in [6, 6.07) is 28.4. The first-order valence-corrected chi connectivity index (χ1v) is 7.65. The molecule has 0 spiro atoms. The van der Waals surface area contributed by atoms with Crippen LogP contribution >= 0.6 is 0 Å². The molecule has 119 valence electrons. The van der Waals surface area contributed by atoms with Crippen LogP contribution in [0.4, 0.5) is 8.78 Å². The monoisotopic (exact) mass is 320 g/mol. The van der Waals surface area contributed by atoms with Gasteiger partial charge in [0, 0.05) is 0 Å². The normalized spacial score (nSPS) is 12.0. The number of alkyl halides is 2. The SMILES string of the molecule is FC(F)/[C]=N/C(c1ccccc1)(c1ccccc1)c1ccccc1. The second-order valence-electron chi connectivity index (χ2n) is 5.35. The Morgan fingerprint density at radius 3 is 1.25 bits per heavy atom. The zero-order chi connectivity index (χ0) is 16.8. The van der Waals surface area contributed by atoms with Crippen molar-refractivity contribution in [2.45, 2.75) is 12.0 Å². The van der Waals surface area contributed by atoms with Crippen LogP contribution in [-0.4, -0.2) is 12.6 Å². The minimum atomic E-state index is -2.74. The maximum atomic E-state index is 12.9. The molecule has 0 amide bonds. The lowest BCUT2D eigenvalue weighted by atomic mass is 9.77. The quantitative estimate of drug-likeness (QED) is 0.453. The summed E-state index contributed by atoms with van der Waals surface area (Å²) < 4.78 is 25.8. The van der Waals surface area contributed by atoms with Gasteiger partial charge in [-0.25, -0.2) is 8.78 Å². The molecule has 0 atom stereocenters. The molecular weight excluding hydrogens is 304 g/mol. The molecule has 0 heterocycles. The number of aliphatic imine (C=N–C) groups is 1. The van der Waals surface area contributed by atoms with Crippen LogP contribution in [0.15, 0.2) is 96.0 Å². The van der Waals surface area contributed by atoms with E-state index in [1.807, 2.05) is 97.2 Å². The van der Waals surface area contributed by atoms with E-state index in [4.69, 9.17) is 0 Å². The van der Waals surface area contributed by atoms with Crippen LogP contribution in [0.1, 0.15) is 16.7 Å². The fraction of sp³-hybridized carbons (Fsp3) is 0.0952. The van der Waals surface area contributed by atoms with Gasteiger partial charge in [-0.1, -0.05) is 91.0 Å². The maximum absolute atomic E-state index is 12.9. The van der Waals surface area contributed by atoms with Crippen molar-refractivity contribution >= 4 is 6.21 Å². The molecule has 0 aliphatic carbocycles. The lowest BCUT2D eigenvalue weighted by Crippen LogP contribution is -2.27. The first-order valence-electron chi connectivity index (χ1n) is 7.65. The molecule has 0 aromatic heterocycles. The fourth-order valence-corrected chi connectivity index (χ4v) is 2.88. The minimum Gasteiger partial charge on any atom is -0.261 e. The van der Waals surface area contributed by atoms with Gasteiger partial charge in [-0.15, -0.1) is 0 Å². The molecule has 0 N–H and O–H groups in total. The third-order valence-corrected chi connectivity index (χ3v) is 3.90. The van der Waals surface area contributed by atoms with E-state index in [-0.39, 0.29) is 0 Å². The summed E-state index contributed by atoms with van der Waals surface area (Å²) in [6.07, 6.45) is -0.762. The van der Waals surface area contributed by atoms with Gasteiger partial charge in [-0.3, -0.25) is 4.99 Å². The number of halogens is 2. The zero-order valence-electron chi connectivity index (χ0n) is 12.9. The summed E-state index contributed by atoms with van der Waals surface area (Å²) in [5, 5.41) is 0. The van der Waals surface area contributed by atoms with Gasteiger partial charge in [0.15, 0.2) is 0 Å². The maximum Gasteiger partial charge on any atom is 0.282 e. The molecule has 0 fully saturated rings. The molecule has 3 aromatic rings. The van der Waals surface area contributed by atoms with E-state index in [1.54, 1.807) is 0 Å². The molecular formula is C21H16F2N. The Morgan fingerprint density at radius 1 is 0.625 bits per heavy atom. The molecule has 3 rings (SSSR count). The lowest BCUT2D eigenvalue weighted by molar-refractivity contribution is 0.230. The molecule has 0 aliphatic rings. The summed E-state index contributed by atoms with van der Waals surface area (Å²) in [4.78, 5) is 4.27. The van der Waals surface area contributed by atoms with Crippen molar-refractivity contribution in [3.8, 4) is 0 Å². The van der Waals surface area contributed by atoms with E-state index in [0.717, 1.165) is 16.7 Å². The van der Waals surface area contributed by atoms with Crippen molar-refractivity contribution < 1.29 is 8.78 Å². The van der Waals surface area contributed by atoms with Gasteiger partial charge < -0.3 is 0 Å². The van der Waals surface area contributed by atoms with E-state index in [0.29, 0.717) is 0 Å². The number of hydrogen-bond donors (Lipinski definition) is 0. The van der Waals surface area contributed by atoms with Crippen molar-refractivity contribution in [2.75, 3.05) is 0 Å². The molecule has 0 bridgehead atoms. The average Bonchev–Trinajstić information content (AvgIpc) is 2.65. The largest absolute Gasteiger partial charge is 0.282 e. The van der Waals surface area contributed by atoms with E-state index in [1.165, 1.54) is 0 Å². The molecule has 0 saturated carbocycles. The Balaban J connectivity index is 2.33. The second kappa shape index (κ2) is 7.18. The van der Waals surface area contributed by atoms with Crippen LogP contribution < -0.4 is 0 Å². The Labute approximate surface area is 140 Å². The minimum absolute atomic E-state index is 0.815. The van der Waals surface area contributed by atoms with Crippen molar-refractivity contribution in [2.24, 2.45) is 4.99 Å². The number of hydrogen-bond acceptors (Lipinski definition) is 1. The molecule has 0 unspecified atom stereocenters. The fourth-order valence-electron chi connectivity index (χ4n) is 2.88. The number of benzene rings is 3. The molecule has 3 heteroatoms. The Bertz CT molecular complexity index is 687. The summed E-state index contributed by atoms with van der Waals surface area (Å²) in [7, 11) is 0. The summed E-state index contributed by atoms with van der Waals surface area (Å²) in [5.74, 6) is 0. The molecule has 3 aromatic carbocycles. The summed E-state index contributed by atoms with van der Waals surface area (Å²) in [6.45, 7) is 0. The third-order valence-electron chi connectivity index (χ3n) is 3.90. The highest BCUT2D eigenvalue weighted by atomic mass is 19.3. The highest BCUT2D eigenvalue weighted by Crippen LogP contribution is 2.40. The van der Waals surface area contributed by atoms with Crippen molar-refractivity contribution in [1.82, 2.24) is 0 Å². The van der Waals surface area contributed by atoms with Crippen LogP contribution in [0.2, 0.25) is 0 Å². The van der Waals surface area contributed by atoms with Crippen LogP contribution in [-0.2, 0) is 5.54 Å². The number of nitrogens with zero attached hydrogens (tertiary/aromatic N) is 1. The topological polar surface area (TPSA) is 12.4 Å². The summed E-state index contributed by atoms with van der Waals surface area (Å²) >= 11 is 0. The highest BCUT2D eigenvalue weighted by molar-refractivity contribution is 5.65. The Hall–Kier alpha value is -2.81. The Kier molecular flexibility index (Phi) is 4.80. The summed E-state index contributed by atoms with van der Waals surface area (Å²) in [5.41, 5.74) is 1.39. The van der Waals surface area contributed by atoms with Crippen LogP contribution in [0.5, 0.6) is 0 Å². The molecule has 0 saturated heterocycles. The van der Waals surface area contributed by atoms with Crippen LogP contribution in [0.3, 0.4) is 0 Å². The van der Waals surface area contributed by atoms with Gasteiger partial charge in [0.05, 0.1) is 0 Å². The van der Waals surface area contributed by atoms with Gasteiger partial charge in [-0.05, 0) is 16.7 Å². The predicted octanol–water partition coefficient (Wildman–Crippen LogP) is 5.19. The first kappa shape index (κ1) is 16.1. The standard InChI is InChI=1S/C21H16F2N/c22-20(23)16-24-21(17-10-4-1-5-11-17,18-12-6-2-7-13-18)19-14-8-3-9-15-19/h1-15,20H. The van der Waals surface area contributed by atoms with Gasteiger partial charge >= 0.3 is 0 Å². The van der Waals surface area contributed by atoms with Crippen molar-refractivity contribution in [3.63, 3.8) is 0 Å². The van der Waals surface area contributed by atoms with Gasteiger partial charge in [-0.2, -0.15) is 0 Å². The number of rotatable bonds is 5. The molecule has 24 heavy (non-hydrogen) atoms. The first-order chi connectivity index (χ1) is 11.7. The van der Waals surface area contributed by atoms with Crippen LogP contribution in [0, 0.1) is 0 Å². The van der Waals surface area contributed by atoms with Crippen molar-refractivity contribution in [1.29, 1.82) is 0 Å². The van der Waals surface area contributed by atoms with Gasteiger partial charge in [0.25, 0.3) is 6.43 Å². The van der Waals surface area contributed by atoms with Crippen molar-refractivity contribution in [3.05, 3.63) is 108 Å².